The van der Waals surface area contributed by atoms with Crippen LogP contribution in [-0.2, 0) is 0 Å². The molecule has 0 amide bonds. The van der Waals surface area contributed by atoms with Crippen LogP contribution in [0, 0.1) is 9.49 Å². The Morgan fingerprint density at radius 2 is 2.05 bits per heavy atom. The molecular weight excluding hydrogens is 355 g/mol. The summed E-state index contributed by atoms with van der Waals surface area (Å²) < 4.78 is 3.35. The van der Waals surface area contributed by atoms with Gasteiger partial charge >= 0.3 is 0 Å². The maximum atomic E-state index is 9.21. The first-order valence-electron chi connectivity index (χ1n) is 6.58. The van der Waals surface area contributed by atoms with E-state index in [2.05, 4.69) is 43.3 Å². The molecule has 6 heteroatoms. The van der Waals surface area contributed by atoms with Crippen LogP contribution in [0.15, 0.2) is 12.5 Å². The standard InChI is InChI=1S/C13H17IN4O/c14-10-5-18(9-3-1-8(6-19)2-4-9)13-11(10)12(15)16-7-17-13/h5,7-9,19H,1-4,6H2,(H2,15,16,17)/t8-,9-. The number of aliphatic hydroxyl groups excluding tert-OH is 1. The minimum Gasteiger partial charge on any atom is -0.396 e. The van der Waals surface area contributed by atoms with Gasteiger partial charge in [-0.25, -0.2) is 9.97 Å². The van der Waals surface area contributed by atoms with Gasteiger partial charge in [-0.05, 0) is 54.2 Å². The van der Waals surface area contributed by atoms with Gasteiger partial charge in [-0.2, -0.15) is 0 Å². The van der Waals surface area contributed by atoms with Gasteiger partial charge in [0.05, 0.1) is 5.39 Å². The Hall–Kier alpha value is -0.890. The number of nitrogens with two attached hydrogens (primary N) is 1. The topological polar surface area (TPSA) is 77.0 Å². The number of hydrogen-bond acceptors (Lipinski definition) is 4. The second-order valence-corrected chi connectivity index (χ2v) is 6.36. The number of aromatic nitrogens is 3. The van der Waals surface area contributed by atoms with Crippen molar-refractivity contribution in [3.63, 3.8) is 0 Å². The largest absolute Gasteiger partial charge is 0.396 e. The van der Waals surface area contributed by atoms with E-state index in [9.17, 15) is 5.11 Å². The molecule has 0 aliphatic heterocycles. The van der Waals surface area contributed by atoms with Crippen molar-refractivity contribution in [3.05, 3.63) is 16.1 Å². The molecule has 0 saturated heterocycles. The summed E-state index contributed by atoms with van der Waals surface area (Å²) in [5, 5.41) is 10.2. The highest BCUT2D eigenvalue weighted by Crippen LogP contribution is 2.36. The Morgan fingerprint density at radius 1 is 1.32 bits per heavy atom. The normalized spacial score (nSPS) is 23.9. The van der Waals surface area contributed by atoms with E-state index >= 15 is 0 Å². The van der Waals surface area contributed by atoms with Gasteiger partial charge in [0.25, 0.3) is 0 Å². The van der Waals surface area contributed by atoms with Gasteiger partial charge in [0.15, 0.2) is 0 Å². The zero-order valence-electron chi connectivity index (χ0n) is 10.6. The van der Waals surface area contributed by atoms with Crippen molar-refractivity contribution >= 4 is 39.4 Å². The number of anilines is 1. The van der Waals surface area contributed by atoms with E-state index in [1.54, 1.807) is 0 Å². The van der Waals surface area contributed by atoms with E-state index in [0.29, 0.717) is 24.4 Å². The number of nitrogens with zero attached hydrogens (tertiary/aromatic N) is 3. The minimum absolute atomic E-state index is 0.311. The molecule has 5 nitrogen and oxygen atoms in total. The number of halogens is 1. The fourth-order valence-electron chi connectivity index (χ4n) is 2.95. The summed E-state index contributed by atoms with van der Waals surface area (Å²) in [7, 11) is 0. The van der Waals surface area contributed by atoms with Crippen LogP contribution >= 0.6 is 22.6 Å². The maximum absolute atomic E-state index is 9.21. The Morgan fingerprint density at radius 3 is 2.74 bits per heavy atom. The third-order valence-electron chi connectivity index (χ3n) is 4.06. The van der Waals surface area contributed by atoms with Gasteiger partial charge in [-0.1, -0.05) is 0 Å². The van der Waals surface area contributed by atoms with Gasteiger partial charge in [0.2, 0.25) is 0 Å². The molecule has 0 atom stereocenters. The second-order valence-electron chi connectivity index (χ2n) is 5.20. The summed E-state index contributed by atoms with van der Waals surface area (Å²) in [4.78, 5) is 8.46. The first kappa shape index (κ1) is 13.1. The molecule has 0 bridgehead atoms. The maximum Gasteiger partial charge on any atom is 0.146 e. The molecule has 1 aliphatic rings. The number of rotatable bonds is 2. The highest BCUT2D eigenvalue weighted by molar-refractivity contribution is 14.1. The van der Waals surface area contributed by atoms with E-state index < -0.39 is 0 Å². The summed E-state index contributed by atoms with van der Waals surface area (Å²) in [5.74, 6) is 1.02. The second kappa shape index (κ2) is 5.24. The lowest BCUT2D eigenvalue weighted by Crippen LogP contribution is -2.20. The predicted molar refractivity (Wildman–Crippen MR) is 82.7 cm³/mol. The minimum atomic E-state index is 0.311. The van der Waals surface area contributed by atoms with E-state index in [-0.39, 0.29) is 0 Å². The monoisotopic (exact) mass is 372 g/mol. The lowest BCUT2D eigenvalue weighted by Gasteiger charge is -2.28. The van der Waals surface area contributed by atoms with Crippen LogP contribution in [-0.4, -0.2) is 26.2 Å². The molecule has 1 saturated carbocycles. The van der Waals surface area contributed by atoms with Crippen LogP contribution in [0.3, 0.4) is 0 Å². The van der Waals surface area contributed by atoms with Crippen molar-refractivity contribution in [3.8, 4) is 0 Å². The van der Waals surface area contributed by atoms with Crippen LogP contribution in [0.5, 0.6) is 0 Å². The zero-order chi connectivity index (χ0) is 13.4. The SMILES string of the molecule is Nc1ncnc2c1c(I)cn2[C@H]1CC[C@H](CO)CC1. The lowest BCUT2D eigenvalue weighted by molar-refractivity contribution is 0.170. The van der Waals surface area contributed by atoms with Crippen LogP contribution in [0.1, 0.15) is 31.7 Å². The van der Waals surface area contributed by atoms with Crippen molar-refractivity contribution in [1.82, 2.24) is 14.5 Å². The molecule has 2 aromatic heterocycles. The Kier molecular flexibility index (Phi) is 3.62. The molecular formula is C13H17IN4O. The third-order valence-corrected chi connectivity index (χ3v) is 4.88. The van der Waals surface area contributed by atoms with E-state index in [1.165, 1.54) is 6.33 Å². The molecule has 19 heavy (non-hydrogen) atoms. The smallest absolute Gasteiger partial charge is 0.146 e. The molecule has 3 rings (SSSR count). The quantitative estimate of drug-likeness (QED) is 0.794. The van der Waals surface area contributed by atoms with Gasteiger partial charge in [-0.15, -0.1) is 0 Å². The molecule has 1 fully saturated rings. The highest BCUT2D eigenvalue weighted by Gasteiger charge is 2.24. The summed E-state index contributed by atoms with van der Waals surface area (Å²) in [6, 6.07) is 0.461. The zero-order valence-corrected chi connectivity index (χ0v) is 12.7. The molecule has 0 radical (unpaired) electrons. The van der Waals surface area contributed by atoms with Gasteiger partial charge in [-0.3, -0.25) is 0 Å². The Balaban J connectivity index is 1.96. The van der Waals surface area contributed by atoms with Crippen LogP contribution in [0.2, 0.25) is 0 Å². The van der Waals surface area contributed by atoms with Crippen molar-refractivity contribution in [2.24, 2.45) is 5.92 Å². The number of hydrogen-bond donors (Lipinski definition) is 2. The highest BCUT2D eigenvalue weighted by atomic mass is 127. The fourth-order valence-corrected chi connectivity index (χ4v) is 3.76. The van der Waals surface area contributed by atoms with E-state index in [1.807, 2.05) is 0 Å². The molecule has 1 aliphatic carbocycles. The van der Waals surface area contributed by atoms with E-state index in [0.717, 1.165) is 40.3 Å². The first-order chi connectivity index (χ1) is 9.20. The summed E-state index contributed by atoms with van der Waals surface area (Å²) in [6.07, 6.45) is 8.00. The molecule has 0 spiro atoms. The number of nitrogen functional groups attached to an aromatic ring is 1. The van der Waals surface area contributed by atoms with Gasteiger partial charge < -0.3 is 15.4 Å². The van der Waals surface area contributed by atoms with Crippen LogP contribution in [0.4, 0.5) is 5.82 Å². The van der Waals surface area contributed by atoms with Crippen molar-refractivity contribution in [2.75, 3.05) is 12.3 Å². The van der Waals surface area contributed by atoms with Crippen molar-refractivity contribution in [1.29, 1.82) is 0 Å². The Labute approximate surface area is 125 Å². The molecule has 0 aromatic carbocycles. The Bertz CT molecular complexity index is 590. The molecule has 3 N–H and O–H groups in total. The van der Waals surface area contributed by atoms with Crippen molar-refractivity contribution < 1.29 is 5.11 Å². The summed E-state index contributed by atoms with van der Waals surface area (Å²) >= 11 is 2.29. The van der Waals surface area contributed by atoms with Crippen LogP contribution < -0.4 is 5.73 Å². The van der Waals surface area contributed by atoms with E-state index in [4.69, 9.17) is 5.73 Å². The number of aliphatic hydroxyl groups is 1. The lowest BCUT2D eigenvalue weighted by atomic mass is 9.86. The number of fused-ring (bicyclic) bond motifs is 1. The average Bonchev–Trinajstić information content (AvgIpc) is 2.78. The van der Waals surface area contributed by atoms with Crippen LogP contribution in [0.25, 0.3) is 11.0 Å². The summed E-state index contributed by atoms with van der Waals surface area (Å²) in [6.45, 7) is 0.311. The first-order valence-corrected chi connectivity index (χ1v) is 7.66. The molecule has 2 aromatic rings. The predicted octanol–water partition coefficient (Wildman–Crippen LogP) is 2.34. The van der Waals surface area contributed by atoms with Crippen molar-refractivity contribution in [2.45, 2.75) is 31.7 Å². The molecule has 0 unspecified atom stereocenters. The van der Waals surface area contributed by atoms with Gasteiger partial charge in [0.1, 0.15) is 17.8 Å². The summed E-state index contributed by atoms with van der Waals surface area (Å²) in [5.41, 5.74) is 6.88. The van der Waals surface area contributed by atoms with Gasteiger partial charge in [0, 0.05) is 22.4 Å². The third kappa shape index (κ3) is 2.31. The molecule has 2 heterocycles. The average molecular weight is 372 g/mol. The fraction of sp³-hybridized carbons (Fsp3) is 0.538. The molecule has 102 valence electrons.